The standard InChI is InChI=1S/C19H21N3O2/c1-13-7-8-15-16(9-13)21-19(20-15)11-22(2)10-14-12-23-17-5-3-4-6-18(17)24-14/h3-9,14H,10-12H2,1-2H3,(H,20,21). The first-order valence-corrected chi connectivity index (χ1v) is 8.19. The van der Waals surface area contributed by atoms with E-state index in [0.29, 0.717) is 6.61 Å². The molecular formula is C19H21N3O2. The van der Waals surface area contributed by atoms with E-state index in [4.69, 9.17) is 9.47 Å². The van der Waals surface area contributed by atoms with E-state index in [1.165, 1.54) is 5.56 Å². The van der Waals surface area contributed by atoms with Crippen molar-refractivity contribution in [2.45, 2.75) is 19.6 Å². The molecule has 5 nitrogen and oxygen atoms in total. The van der Waals surface area contributed by atoms with Gasteiger partial charge in [0.1, 0.15) is 18.5 Å². The zero-order chi connectivity index (χ0) is 16.5. The van der Waals surface area contributed by atoms with E-state index in [2.05, 4.69) is 47.0 Å². The first-order valence-electron chi connectivity index (χ1n) is 8.19. The summed E-state index contributed by atoms with van der Waals surface area (Å²) in [6, 6.07) is 14.1. The first-order chi connectivity index (χ1) is 11.7. The van der Waals surface area contributed by atoms with Gasteiger partial charge in [-0.1, -0.05) is 18.2 Å². The molecule has 0 spiro atoms. The molecule has 0 aliphatic carbocycles. The zero-order valence-corrected chi connectivity index (χ0v) is 14.0. The maximum absolute atomic E-state index is 6.02. The SMILES string of the molecule is Cc1ccc2nc(CN(C)CC3COc4ccccc4O3)[nH]c2c1. The molecule has 0 fully saturated rings. The Hall–Kier alpha value is -2.53. The zero-order valence-electron chi connectivity index (χ0n) is 14.0. The molecule has 2 aromatic carbocycles. The van der Waals surface area contributed by atoms with Crippen LogP contribution in [-0.2, 0) is 6.54 Å². The van der Waals surface area contributed by atoms with Crippen LogP contribution in [-0.4, -0.2) is 41.2 Å². The number of aromatic amines is 1. The average molecular weight is 323 g/mol. The van der Waals surface area contributed by atoms with Crippen LogP contribution >= 0.6 is 0 Å². The number of hydrogen-bond acceptors (Lipinski definition) is 4. The molecular weight excluding hydrogens is 302 g/mol. The molecule has 1 unspecified atom stereocenters. The van der Waals surface area contributed by atoms with Gasteiger partial charge in [-0.15, -0.1) is 0 Å². The van der Waals surface area contributed by atoms with Gasteiger partial charge >= 0.3 is 0 Å². The number of nitrogens with zero attached hydrogens (tertiary/aromatic N) is 2. The minimum atomic E-state index is 0.0246. The molecule has 24 heavy (non-hydrogen) atoms. The molecule has 0 saturated carbocycles. The van der Waals surface area contributed by atoms with E-state index >= 15 is 0 Å². The summed E-state index contributed by atoms with van der Waals surface area (Å²) in [5.41, 5.74) is 3.33. The van der Waals surface area contributed by atoms with Crippen molar-refractivity contribution in [2.75, 3.05) is 20.2 Å². The number of fused-ring (bicyclic) bond motifs is 2. The molecule has 0 bridgehead atoms. The predicted octanol–water partition coefficient (Wildman–Crippen LogP) is 3.14. The van der Waals surface area contributed by atoms with Gasteiger partial charge in [0.2, 0.25) is 0 Å². The summed E-state index contributed by atoms with van der Waals surface area (Å²) in [5.74, 6) is 2.61. The van der Waals surface area contributed by atoms with Crippen LogP contribution in [0.1, 0.15) is 11.4 Å². The monoisotopic (exact) mass is 323 g/mol. The number of para-hydroxylation sites is 2. The van der Waals surface area contributed by atoms with Gasteiger partial charge in [0.15, 0.2) is 11.5 Å². The number of aromatic nitrogens is 2. The minimum Gasteiger partial charge on any atom is -0.486 e. The average Bonchev–Trinajstić information content (AvgIpc) is 2.95. The Kier molecular flexibility index (Phi) is 3.86. The highest BCUT2D eigenvalue weighted by molar-refractivity contribution is 5.75. The summed E-state index contributed by atoms with van der Waals surface area (Å²) >= 11 is 0. The third-order valence-electron chi connectivity index (χ3n) is 4.19. The van der Waals surface area contributed by atoms with Crippen LogP contribution in [0.25, 0.3) is 11.0 Å². The predicted molar refractivity (Wildman–Crippen MR) is 93.5 cm³/mol. The van der Waals surface area contributed by atoms with Crippen LogP contribution in [0, 0.1) is 6.92 Å². The van der Waals surface area contributed by atoms with E-state index in [-0.39, 0.29) is 6.10 Å². The Morgan fingerprint density at radius 3 is 2.92 bits per heavy atom. The topological polar surface area (TPSA) is 50.4 Å². The number of imidazole rings is 1. The van der Waals surface area contributed by atoms with E-state index in [1.54, 1.807) is 0 Å². The van der Waals surface area contributed by atoms with E-state index < -0.39 is 0 Å². The van der Waals surface area contributed by atoms with E-state index in [9.17, 15) is 0 Å². The number of likely N-dealkylation sites (N-methyl/N-ethyl adjacent to an activating group) is 1. The molecule has 4 rings (SSSR count). The van der Waals surface area contributed by atoms with Crippen LogP contribution < -0.4 is 9.47 Å². The summed E-state index contributed by atoms with van der Waals surface area (Å²) in [7, 11) is 2.07. The minimum absolute atomic E-state index is 0.0246. The lowest BCUT2D eigenvalue weighted by molar-refractivity contribution is 0.0633. The third kappa shape index (κ3) is 3.08. The molecule has 1 aromatic heterocycles. The fourth-order valence-corrected chi connectivity index (χ4v) is 3.07. The highest BCUT2D eigenvalue weighted by atomic mass is 16.6. The highest BCUT2D eigenvalue weighted by Crippen LogP contribution is 2.31. The smallest absolute Gasteiger partial charge is 0.161 e. The van der Waals surface area contributed by atoms with Crippen LogP contribution in [0.2, 0.25) is 0 Å². The van der Waals surface area contributed by atoms with Gasteiger partial charge in [0.25, 0.3) is 0 Å². The number of hydrogen-bond donors (Lipinski definition) is 1. The van der Waals surface area contributed by atoms with E-state index in [1.807, 2.05) is 24.3 Å². The van der Waals surface area contributed by atoms with Gasteiger partial charge in [-0.2, -0.15) is 0 Å². The largest absolute Gasteiger partial charge is 0.486 e. The van der Waals surface area contributed by atoms with Crippen molar-refractivity contribution in [3.63, 3.8) is 0 Å². The number of H-pyrrole nitrogens is 1. The van der Waals surface area contributed by atoms with Crippen LogP contribution in [0.3, 0.4) is 0 Å². The van der Waals surface area contributed by atoms with Crippen molar-refractivity contribution in [3.05, 3.63) is 53.9 Å². The molecule has 1 atom stereocenters. The summed E-state index contributed by atoms with van der Waals surface area (Å²) in [6.45, 7) is 4.19. The lowest BCUT2D eigenvalue weighted by Gasteiger charge is -2.29. The van der Waals surface area contributed by atoms with Gasteiger partial charge in [-0.3, -0.25) is 4.90 Å². The molecule has 0 saturated heterocycles. The van der Waals surface area contributed by atoms with Gasteiger partial charge in [-0.05, 0) is 43.8 Å². The van der Waals surface area contributed by atoms with Crippen molar-refractivity contribution >= 4 is 11.0 Å². The van der Waals surface area contributed by atoms with Crippen molar-refractivity contribution in [1.29, 1.82) is 0 Å². The molecule has 2 heterocycles. The molecule has 0 radical (unpaired) electrons. The summed E-state index contributed by atoms with van der Waals surface area (Å²) in [6.07, 6.45) is 0.0246. The number of benzene rings is 2. The Morgan fingerprint density at radius 1 is 1.21 bits per heavy atom. The lowest BCUT2D eigenvalue weighted by atomic mass is 10.2. The van der Waals surface area contributed by atoms with Crippen molar-refractivity contribution in [2.24, 2.45) is 0 Å². The van der Waals surface area contributed by atoms with Crippen LogP contribution in [0.5, 0.6) is 11.5 Å². The van der Waals surface area contributed by atoms with Gasteiger partial charge in [-0.25, -0.2) is 4.98 Å². The second-order valence-electron chi connectivity index (χ2n) is 6.40. The quantitative estimate of drug-likeness (QED) is 0.801. The maximum Gasteiger partial charge on any atom is 0.161 e. The molecule has 124 valence electrons. The number of rotatable bonds is 4. The van der Waals surface area contributed by atoms with Crippen molar-refractivity contribution in [3.8, 4) is 11.5 Å². The lowest BCUT2D eigenvalue weighted by Crippen LogP contribution is -2.39. The van der Waals surface area contributed by atoms with Crippen LogP contribution in [0.4, 0.5) is 0 Å². The maximum atomic E-state index is 6.02. The van der Waals surface area contributed by atoms with Gasteiger partial charge in [0, 0.05) is 6.54 Å². The number of aryl methyl sites for hydroxylation is 1. The Morgan fingerprint density at radius 2 is 2.04 bits per heavy atom. The molecule has 1 aliphatic rings. The highest BCUT2D eigenvalue weighted by Gasteiger charge is 2.22. The first kappa shape index (κ1) is 15.0. The fraction of sp³-hybridized carbons (Fsp3) is 0.316. The molecule has 1 N–H and O–H groups in total. The van der Waals surface area contributed by atoms with E-state index in [0.717, 1.165) is 41.4 Å². The molecule has 1 aliphatic heterocycles. The number of nitrogens with one attached hydrogen (secondary N) is 1. The fourth-order valence-electron chi connectivity index (χ4n) is 3.07. The van der Waals surface area contributed by atoms with Gasteiger partial charge < -0.3 is 14.5 Å². The second-order valence-corrected chi connectivity index (χ2v) is 6.40. The summed E-state index contributed by atoms with van der Waals surface area (Å²) in [4.78, 5) is 10.2. The number of ether oxygens (including phenoxy) is 2. The Bertz CT molecular complexity index is 859. The summed E-state index contributed by atoms with van der Waals surface area (Å²) < 4.78 is 11.8. The van der Waals surface area contributed by atoms with Gasteiger partial charge in [0.05, 0.1) is 17.6 Å². The molecule has 5 heteroatoms. The van der Waals surface area contributed by atoms with Crippen molar-refractivity contribution < 1.29 is 9.47 Å². The van der Waals surface area contributed by atoms with Crippen LogP contribution in [0.15, 0.2) is 42.5 Å². The Labute approximate surface area is 141 Å². The molecule has 3 aromatic rings. The molecule has 0 amide bonds. The normalized spacial score (nSPS) is 16.7. The second kappa shape index (κ2) is 6.17. The Balaban J connectivity index is 1.40. The summed E-state index contributed by atoms with van der Waals surface area (Å²) in [5, 5.41) is 0. The third-order valence-corrected chi connectivity index (χ3v) is 4.19. The van der Waals surface area contributed by atoms with Crippen molar-refractivity contribution in [1.82, 2.24) is 14.9 Å².